The van der Waals surface area contributed by atoms with Crippen molar-refractivity contribution >= 4 is 21.7 Å². The number of rotatable bonds is 5. The molecule has 0 unspecified atom stereocenters. The van der Waals surface area contributed by atoms with Crippen LogP contribution in [-0.4, -0.2) is 18.4 Å². The highest BCUT2D eigenvalue weighted by atomic mass is 79.9. The third-order valence-corrected chi connectivity index (χ3v) is 3.30. The van der Waals surface area contributed by atoms with Gasteiger partial charge in [-0.3, -0.25) is 4.79 Å². The second-order valence-electron chi connectivity index (χ2n) is 4.12. The van der Waals surface area contributed by atoms with Gasteiger partial charge >= 0.3 is 0 Å². The number of hydrogen-bond acceptors (Lipinski definition) is 2. The van der Waals surface area contributed by atoms with Crippen molar-refractivity contribution in [1.82, 2.24) is 5.32 Å². The molecule has 0 atom stereocenters. The van der Waals surface area contributed by atoms with E-state index in [0.29, 0.717) is 12.6 Å². The van der Waals surface area contributed by atoms with Crippen molar-refractivity contribution in [2.24, 2.45) is 0 Å². The van der Waals surface area contributed by atoms with Gasteiger partial charge in [-0.2, -0.15) is 0 Å². The number of carbonyl (C=O) groups excluding carboxylic acids is 1. The van der Waals surface area contributed by atoms with Crippen LogP contribution in [-0.2, 0) is 0 Å². The summed E-state index contributed by atoms with van der Waals surface area (Å²) < 4.78 is 27.1. The zero-order chi connectivity index (χ0) is 12.4. The summed E-state index contributed by atoms with van der Waals surface area (Å²) in [6, 6.07) is 2.83. The zero-order valence-electron chi connectivity index (χ0n) is 9.10. The Morgan fingerprint density at radius 2 is 2.12 bits per heavy atom. The summed E-state index contributed by atoms with van der Waals surface area (Å²) in [4.78, 5) is 11.7. The first-order chi connectivity index (χ1) is 8.09. The quantitative estimate of drug-likeness (QED) is 0.669. The molecular weight excluding hydrogens is 292 g/mol. The van der Waals surface area contributed by atoms with Gasteiger partial charge in [0.2, 0.25) is 0 Å². The Bertz CT molecular complexity index is 446. The topological polar surface area (TPSA) is 29.1 Å². The number of halogens is 3. The molecule has 1 aromatic rings. The lowest BCUT2D eigenvalue weighted by molar-refractivity contribution is 0.0974. The number of ketones is 1. The summed E-state index contributed by atoms with van der Waals surface area (Å²) in [5.41, 5.74) is -0.447. The maximum absolute atomic E-state index is 13.6. The minimum Gasteiger partial charge on any atom is -0.314 e. The second-order valence-corrected chi connectivity index (χ2v) is 4.97. The molecule has 17 heavy (non-hydrogen) atoms. The second kappa shape index (κ2) is 5.23. The molecule has 0 aliphatic heterocycles. The normalized spacial score (nSPS) is 15.0. The van der Waals surface area contributed by atoms with E-state index < -0.39 is 23.0 Å². The fourth-order valence-electron chi connectivity index (χ4n) is 1.58. The van der Waals surface area contributed by atoms with Crippen LogP contribution < -0.4 is 5.32 Å². The van der Waals surface area contributed by atoms with Crippen molar-refractivity contribution in [3.05, 3.63) is 33.8 Å². The van der Waals surface area contributed by atoms with Crippen molar-refractivity contribution in [2.75, 3.05) is 6.54 Å². The number of nitrogens with one attached hydrogen (secondary N) is 1. The van der Waals surface area contributed by atoms with Crippen LogP contribution in [0.4, 0.5) is 8.78 Å². The van der Waals surface area contributed by atoms with Crippen molar-refractivity contribution in [3.63, 3.8) is 0 Å². The molecule has 1 fully saturated rings. The van der Waals surface area contributed by atoms with E-state index in [1.807, 2.05) is 0 Å². The average Bonchev–Trinajstić information content (AvgIpc) is 3.08. The maximum Gasteiger partial charge on any atom is 0.170 e. The van der Waals surface area contributed by atoms with E-state index in [2.05, 4.69) is 21.2 Å². The van der Waals surface area contributed by atoms with Gasteiger partial charge in [-0.25, -0.2) is 8.78 Å². The maximum atomic E-state index is 13.6. The lowest BCUT2D eigenvalue weighted by Gasteiger charge is -2.06. The zero-order valence-corrected chi connectivity index (χ0v) is 10.7. The molecular formula is C12H12BrF2NO. The summed E-state index contributed by atoms with van der Waals surface area (Å²) in [5, 5.41) is 3.13. The van der Waals surface area contributed by atoms with E-state index in [1.165, 1.54) is 6.07 Å². The van der Waals surface area contributed by atoms with Crippen LogP contribution in [0.25, 0.3) is 0 Å². The first-order valence-corrected chi connectivity index (χ1v) is 6.29. The van der Waals surface area contributed by atoms with Crippen molar-refractivity contribution in [1.29, 1.82) is 0 Å². The molecule has 1 N–H and O–H groups in total. The van der Waals surface area contributed by atoms with Crippen LogP contribution >= 0.6 is 15.9 Å². The lowest BCUT2D eigenvalue weighted by Crippen LogP contribution is -2.21. The fourth-order valence-corrected chi connectivity index (χ4v) is 1.92. The van der Waals surface area contributed by atoms with Crippen LogP contribution in [0.15, 0.2) is 16.6 Å². The smallest absolute Gasteiger partial charge is 0.170 e. The van der Waals surface area contributed by atoms with Crippen LogP contribution in [0.2, 0.25) is 0 Å². The molecule has 0 bridgehead atoms. The minimum absolute atomic E-state index is 0.109. The van der Waals surface area contributed by atoms with E-state index in [1.54, 1.807) is 0 Å². The van der Waals surface area contributed by atoms with Gasteiger partial charge < -0.3 is 5.32 Å². The number of carbonyl (C=O) groups is 1. The molecule has 0 aromatic heterocycles. The third-order valence-electron chi connectivity index (χ3n) is 2.69. The summed E-state index contributed by atoms with van der Waals surface area (Å²) in [7, 11) is 0. The Morgan fingerprint density at radius 3 is 2.76 bits per heavy atom. The third kappa shape index (κ3) is 3.10. The standard InChI is InChI=1S/C12H12BrF2NO/c13-8-3-4-9(14)11(12(8)15)10(17)5-6-16-7-1-2-7/h3-4,7,16H,1-2,5-6H2. The highest BCUT2D eigenvalue weighted by Crippen LogP contribution is 2.23. The number of Topliss-reactive ketones (excluding diaryl/α,β-unsaturated/α-hetero) is 1. The monoisotopic (exact) mass is 303 g/mol. The molecule has 0 heterocycles. The van der Waals surface area contributed by atoms with Crippen LogP contribution in [0, 0.1) is 11.6 Å². The van der Waals surface area contributed by atoms with Crippen LogP contribution in [0.1, 0.15) is 29.6 Å². The van der Waals surface area contributed by atoms with Gasteiger partial charge in [0.05, 0.1) is 10.0 Å². The van der Waals surface area contributed by atoms with Gasteiger partial charge in [-0.05, 0) is 40.9 Å². The van der Waals surface area contributed by atoms with E-state index in [-0.39, 0.29) is 10.9 Å². The Balaban J connectivity index is 2.04. The Hall–Kier alpha value is -0.810. The molecule has 2 rings (SSSR count). The molecule has 2 nitrogen and oxygen atoms in total. The molecule has 5 heteroatoms. The summed E-state index contributed by atoms with van der Waals surface area (Å²) in [6.45, 7) is 0.467. The minimum atomic E-state index is -0.818. The molecule has 1 aromatic carbocycles. The van der Waals surface area contributed by atoms with E-state index in [0.717, 1.165) is 18.9 Å². The van der Waals surface area contributed by atoms with Gasteiger partial charge in [0.15, 0.2) is 11.6 Å². The molecule has 0 amide bonds. The van der Waals surface area contributed by atoms with Gasteiger partial charge in [0.1, 0.15) is 5.82 Å². The summed E-state index contributed by atoms with van der Waals surface area (Å²) in [5.74, 6) is -2.13. The SMILES string of the molecule is O=C(CCNC1CC1)c1c(F)ccc(Br)c1F. The van der Waals surface area contributed by atoms with Crippen molar-refractivity contribution in [2.45, 2.75) is 25.3 Å². The van der Waals surface area contributed by atoms with Gasteiger partial charge in [-0.15, -0.1) is 0 Å². The molecule has 0 saturated heterocycles. The average molecular weight is 304 g/mol. The van der Waals surface area contributed by atoms with Gasteiger partial charge in [-0.1, -0.05) is 0 Å². The summed E-state index contributed by atoms with van der Waals surface area (Å²) >= 11 is 2.94. The molecule has 1 aliphatic rings. The van der Waals surface area contributed by atoms with Crippen LogP contribution in [0.5, 0.6) is 0 Å². The van der Waals surface area contributed by atoms with Crippen molar-refractivity contribution < 1.29 is 13.6 Å². The Labute approximate surface area is 107 Å². The first-order valence-electron chi connectivity index (χ1n) is 5.49. The van der Waals surface area contributed by atoms with Gasteiger partial charge in [0.25, 0.3) is 0 Å². The van der Waals surface area contributed by atoms with E-state index in [9.17, 15) is 13.6 Å². The predicted octanol–water partition coefficient (Wildman–Crippen LogP) is 3.05. The highest BCUT2D eigenvalue weighted by molar-refractivity contribution is 9.10. The van der Waals surface area contributed by atoms with Crippen LogP contribution in [0.3, 0.4) is 0 Å². The lowest BCUT2D eigenvalue weighted by atomic mass is 10.1. The Kier molecular flexibility index (Phi) is 3.89. The molecule has 1 aliphatic carbocycles. The number of benzene rings is 1. The molecule has 92 valence electrons. The largest absolute Gasteiger partial charge is 0.314 e. The van der Waals surface area contributed by atoms with E-state index in [4.69, 9.17) is 0 Å². The molecule has 0 spiro atoms. The van der Waals surface area contributed by atoms with Crippen molar-refractivity contribution in [3.8, 4) is 0 Å². The molecule has 1 saturated carbocycles. The fraction of sp³-hybridized carbons (Fsp3) is 0.417. The van der Waals surface area contributed by atoms with Gasteiger partial charge in [0, 0.05) is 19.0 Å². The molecule has 0 radical (unpaired) electrons. The Morgan fingerprint density at radius 1 is 1.41 bits per heavy atom. The van der Waals surface area contributed by atoms with E-state index >= 15 is 0 Å². The first kappa shape index (κ1) is 12.6. The highest BCUT2D eigenvalue weighted by Gasteiger charge is 2.22. The predicted molar refractivity (Wildman–Crippen MR) is 64.0 cm³/mol. The summed E-state index contributed by atoms with van der Waals surface area (Å²) in [6.07, 6.45) is 2.35. The number of hydrogen-bond donors (Lipinski definition) is 1.